The summed E-state index contributed by atoms with van der Waals surface area (Å²) in [7, 11) is -4.11. The molecular formula is C17H14F3NO5S2. The van der Waals surface area contributed by atoms with E-state index in [-0.39, 0.29) is 4.90 Å². The average molecular weight is 433 g/mol. The fourth-order valence-electron chi connectivity index (χ4n) is 2.45. The minimum Gasteiger partial charge on any atom is -0.472 e. The molecule has 0 saturated carbocycles. The van der Waals surface area contributed by atoms with Gasteiger partial charge in [-0.15, -0.1) is 24.5 Å². The van der Waals surface area contributed by atoms with Gasteiger partial charge in [0.2, 0.25) is 10.0 Å². The highest BCUT2D eigenvalue weighted by Gasteiger charge is 2.35. The summed E-state index contributed by atoms with van der Waals surface area (Å²) >= 11 is 1.23. The number of furan rings is 1. The monoisotopic (exact) mass is 433 g/mol. The van der Waals surface area contributed by atoms with Crippen LogP contribution in [-0.2, 0) is 15.6 Å². The van der Waals surface area contributed by atoms with E-state index in [0.29, 0.717) is 10.4 Å². The van der Waals surface area contributed by atoms with Gasteiger partial charge >= 0.3 is 6.36 Å². The number of aliphatic hydroxyl groups is 1. The van der Waals surface area contributed by atoms with Gasteiger partial charge in [-0.1, -0.05) is 6.07 Å². The molecule has 3 aromatic rings. The Balaban J connectivity index is 1.80. The molecule has 150 valence electrons. The van der Waals surface area contributed by atoms with Gasteiger partial charge in [0.1, 0.15) is 11.4 Å². The van der Waals surface area contributed by atoms with Gasteiger partial charge in [0.25, 0.3) is 0 Å². The van der Waals surface area contributed by atoms with E-state index in [4.69, 9.17) is 4.42 Å². The van der Waals surface area contributed by atoms with Gasteiger partial charge in [0.15, 0.2) is 0 Å². The molecule has 0 bridgehead atoms. The van der Waals surface area contributed by atoms with Crippen LogP contribution in [0.3, 0.4) is 0 Å². The van der Waals surface area contributed by atoms with E-state index in [1.165, 1.54) is 29.9 Å². The van der Waals surface area contributed by atoms with Crippen molar-refractivity contribution < 1.29 is 35.8 Å². The maximum absolute atomic E-state index is 12.5. The van der Waals surface area contributed by atoms with Crippen molar-refractivity contribution in [3.8, 4) is 5.75 Å². The van der Waals surface area contributed by atoms with Crippen molar-refractivity contribution in [3.05, 3.63) is 70.8 Å². The Morgan fingerprint density at radius 1 is 1.14 bits per heavy atom. The van der Waals surface area contributed by atoms with Crippen molar-refractivity contribution in [2.75, 3.05) is 6.54 Å². The second-order valence-corrected chi connectivity index (χ2v) is 8.41. The van der Waals surface area contributed by atoms with Crippen LogP contribution in [0.5, 0.6) is 5.75 Å². The van der Waals surface area contributed by atoms with Crippen molar-refractivity contribution in [1.29, 1.82) is 0 Å². The van der Waals surface area contributed by atoms with E-state index >= 15 is 0 Å². The number of hydrogen-bond acceptors (Lipinski definition) is 6. The fraction of sp³-hybridized carbons (Fsp3) is 0.176. The van der Waals surface area contributed by atoms with Crippen LogP contribution in [0.4, 0.5) is 13.2 Å². The maximum Gasteiger partial charge on any atom is 0.573 e. The molecule has 0 spiro atoms. The SMILES string of the molecule is O=S(=O)(NC[C@](O)(c1ccoc1)c1cccs1)c1ccc(OC(F)(F)F)cc1. The first-order valence-electron chi connectivity index (χ1n) is 7.75. The average Bonchev–Trinajstić information content (AvgIpc) is 3.32. The Bertz CT molecular complexity index is 964. The number of benzene rings is 1. The smallest absolute Gasteiger partial charge is 0.472 e. The van der Waals surface area contributed by atoms with Crippen LogP contribution in [0.25, 0.3) is 0 Å². The van der Waals surface area contributed by atoms with Crippen LogP contribution in [0, 0.1) is 0 Å². The van der Waals surface area contributed by atoms with E-state index in [0.717, 1.165) is 24.3 Å². The summed E-state index contributed by atoms with van der Waals surface area (Å²) in [6.45, 7) is -0.407. The summed E-state index contributed by atoms with van der Waals surface area (Å²) < 4.78 is 72.6. The quantitative estimate of drug-likeness (QED) is 0.596. The number of rotatable bonds is 7. The lowest BCUT2D eigenvalue weighted by atomic mass is 9.95. The molecule has 0 radical (unpaired) electrons. The van der Waals surface area contributed by atoms with Crippen molar-refractivity contribution in [2.45, 2.75) is 16.9 Å². The van der Waals surface area contributed by atoms with Gasteiger partial charge in [-0.3, -0.25) is 0 Å². The van der Waals surface area contributed by atoms with Gasteiger partial charge in [0, 0.05) is 17.0 Å². The Labute approximate surface area is 162 Å². The van der Waals surface area contributed by atoms with Crippen LogP contribution in [-0.4, -0.2) is 26.4 Å². The van der Waals surface area contributed by atoms with Crippen molar-refractivity contribution in [3.63, 3.8) is 0 Å². The molecule has 0 fully saturated rings. The minimum atomic E-state index is -4.87. The van der Waals surface area contributed by atoms with Crippen LogP contribution < -0.4 is 9.46 Å². The number of alkyl halides is 3. The van der Waals surface area contributed by atoms with Gasteiger partial charge in [-0.05, 0) is 41.8 Å². The van der Waals surface area contributed by atoms with Crippen LogP contribution in [0.15, 0.2) is 69.7 Å². The van der Waals surface area contributed by atoms with Crippen molar-refractivity contribution >= 4 is 21.4 Å². The third-order valence-electron chi connectivity index (χ3n) is 3.81. The first-order chi connectivity index (χ1) is 13.1. The Kier molecular flexibility index (Phi) is 5.53. The van der Waals surface area contributed by atoms with Gasteiger partial charge in [-0.2, -0.15) is 0 Å². The highest BCUT2D eigenvalue weighted by Crippen LogP contribution is 2.33. The lowest BCUT2D eigenvalue weighted by molar-refractivity contribution is -0.274. The Morgan fingerprint density at radius 3 is 2.39 bits per heavy atom. The van der Waals surface area contributed by atoms with Gasteiger partial charge in [0.05, 0.1) is 17.4 Å². The highest BCUT2D eigenvalue weighted by atomic mass is 32.2. The van der Waals surface area contributed by atoms with E-state index < -0.39 is 34.3 Å². The highest BCUT2D eigenvalue weighted by molar-refractivity contribution is 7.89. The van der Waals surface area contributed by atoms with Crippen LogP contribution in [0.2, 0.25) is 0 Å². The fourth-order valence-corrected chi connectivity index (χ4v) is 4.35. The molecule has 0 aliphatic carbocycles. The molecule has 2 N–H and O–H groups in total. The molecule has 0 unspecified atom stereocenters. The van der Waals surface area contributed by atoms with Crippen LogP contribution >= 0.6 is 11.3 Å². The number of thiophene rings is 1. The normalized spacial score (nSPS) is 14.6. The molecule has 0 saturated heterocycles. The standard InChI is InChI=1S/C17H14F3NO5S2/c18-17(19,20)26-13-3-5-14(6-4-13)28(23,24)21-11-16(22,12-7-8-25-10-12)15-2-1-9-27-15/h1-10,21-22H,11H2/t16-/m0/s1. The summed E-state index contributed by atoms with van der Waals surface area (Å²) in [5.41, 5.74) is -1.32. The lowest BCUT2D eigenvalue weighted by Crippen LogP contribution is -2.40. The topological polar surface area (TPSA) is 88.8 Å². The molecule has 1 atom stereocenters. The van der Waals surface area contributed by atoms with Gasteiger partial charge in [-0.25, -0.2) is 13.1 Å². The van der Waals surface area contributed by atoms with E-state index in [9.17, 15) is 26.7 Å². The van der Waals surface area contributed by atoms with Crippen LogP contribution in [0.1, 0.15) is 10.4 Å². The zero-order chi connectivity index (χ0) is 20.4. The third kappa shape index (κ3) is 4.55. The summed E-state index contributed by atoms with van der Waals surface area (Å²) in [5, 5.41) is 12.8. The molecule has 2 aromatic heterocycles. The second kappa shape index (κ2) is 7.59. The Hall–Kier alpha value is -2.34. The molecule has 11 heteroatoms. The van der Waals surface area contributed by atoms with Gasteiger partial charge < -0.3 is 14.3 Å². The molecule has 0 aliphatic heterocycles. The van der Waals surface area contributed by atoms with E-state index in [2.05, 4.69) is 9.46 Å². The number of ether oxygens (including phenoxy) is 1. The van der Waals surface area contributed by atoms with E-state index in [1.54, 1.807) is 17.5 Å². The number of hydrogen-bond donors (Lipinski definition) is 2. The van der Waals surface area contributed by atoms with E-state index in [1.807, 2.05) is 0 Å². The first-order valence-corrected chi connectivity index (χ1v) is 10.1. The summed E-state index contributed by atoms with van der Waals surface area (Å²) in [6.07, 6.45) is -2.22. The Morgan fingerprint density at radius 2 is 1.86 bits per heavy atom. The third-order valence-corrected chi connectivity index (χ3v) is 6.25. The first kappa shape index (κ1) is 20.4. The second-order valence-electron chi connectivity index (χ2n) is 5.69. The lowest BCUT2D eigenvalue weighted by Gasteiger charge is -2.26. The number of sulfonamides is 1. The summed E-state index contributed by atoms with van der Waals surface area (Å²) in [4.78, 5) is 0.216. The summed E-state index contributed by atoms with van der Waals surface area (Å²) in [6, 6.07) is 8.61. The molecular weight excluding hydrogens is 419 g/mol. The zero-order valence-corrected chi connectivity index (χ0v) is 15.6. The minimum absolute atomic E-state index is 0.275. The molecule has 2 heterocycles. The maximum atomic E-state index is 12.5. The molecule has 6 nitrogen and oxygen atoms in total. The molecule has 0 aliphatic rings. The molecule has 1 aromatic carbocycles. The summed E-state index contributed by atoms with van der Waals surface area (Å²) in [5.74, 6) is -0.542. The number of nitrogens with one attached hydrogen (secondary N) is 1. The molecule has 3 rings (SSSR count). The van der Waals surface area contributed by atoms with Crippen molar-refractivity contribution in [1.82, 2.24) is 4.72 Å². The predicted molar refractivity (Wildman–Crippen MR) is 94.3 cm³/mol. The largest absolute Gasteiger partial charge is 0.573 e. The number of halogens is 3. The zero-order valence-electron chi connectivity index (χ0n) is 14.0. The molecule has 0 amide bonds. The predicted octanol–water partition coefficient (Wildman–Crippen LogP) is 3.45. The molecule has 28 heavy (non-hydrogen) atoms. The van der Waals surface area contributed by atoms with Crippen molar-refractivity contribution in [2.24, 2.45) is 0 Å².